The predicted octanol–water partition coefficient (Wildman–Crippen LogP) is 2.24. The molecule has 0 aliphatic heterocycles. The lowest BCUT2D eigenvalue weighted by molar-refractivity contribution is 0.475. The first-order valence-corrected chi connectivity index (χ1v) is 5.40. The van der Waals surface area contributed by atoms with Crippen LogP contribution in [0.5, 0.6) is 5.75 Å². The van der Waals surface area contributed by atoms with Crippen LogP contribution in [-0.4, -0.2) is 15.1 Å². The molecule has 0 aliphatic carbocycles. The number of hydrazine groups is 1. The van der Waals surface area contributed by atoms with Crippen molar-refractivity contribution in [1.82, 2.24) is 9.97 Å². The molecule has 0 saturated heterocycles. The summed E-state index contributed by atoms with van der Waals surface area (Å²) >= 11 is 5.79. The number of aromatic nitrogens is 2. The van der Waals surface area contributed by atoms with Crippen LogP contribution >= 0.6 is 11.6 Å². The Morgan fingerprint density at radius 3 is 2.72 bits per heavy atom. The molecule has 4 N–H and O–H groups in total. The maximum atomic E-state index is 13.5. The second-order valence-corrected chi connectivity index (χ2v) is 4.01. The van der Waals surface area contributed by atoms with E-state index in [0.29, 0.717) is 5.56 Å². The third kappa shape index (κ3) is 2.20. The molecular weight excluding hydrogens is 259 g/mol. The van der Waals surface area contributed by atoms with E-state index < -0.39 is 5.82 Å². The van der Waals surface area contributed by atoms with Gasteiger partial charge in [-0.15, -0.1) is 0 Å². The lowest BCUT2D eigenvalue weighted by atomic mass is 10.2. The van der Waals surface area contributed by atoms with E-state index in [1.54, 1.807) is 6.07 Å². The molecular formula is C11H10ClFN4O. The lowest BCUT2D eigenvalue weighted by Crippen LogP contribution is -2.13. The van der Waals surface area contributed by atoms with Crippen LogP contribution in [-0.2, 0) is 0 Å². The van der Waals surface area contributed by atoms with Crippen molar-refractivity contribution in [3.63, 3.8) is 0 Å². The molecule has 0 bridgehead atoms. The van der Waals surface area contributed by atoms with Crippen LogP contribution in [0, 0.1) is 12.7 Å². The Hall–Kier alpha value is -1.92. The van der Waals surface area contributed by atoms with E-state index in [-0.39, 0.29) is 28.1 Å². The fraction of sp³-hybridized carbons (Fsp3) is 0.0909. The van der Waals surface area contributed by atoms with Crippen LogP contribution in [0.4, 0.5) is 10.2 Å². The standard InChI is InChI=1S/C11H10ClFN4O/c1-5-9(13)11(17-14)16-10(15-5)6-2-3-8(18)7(12)4-6/h2-4,18H,14H2,1H3,(H,15,16,17). The summed E-state index contributed by atoms with van der Waals surface area (Å²) in [4.78, 5) is 7.93. The van der Waals surface area contributed by atoms with Crippen molar-refractivity contribution in [1.29, 1.82) is 0 Å². The first-order valence-electron chi connectivity index (χ1n) is 5.02. The number of aromatic hydroxyl groups is 1. The quantitative estimate of drug-likeness (QED) is 0.575. The maximum absolute atomic E-state index is 13.5. The number of hydrogen-bond acceptors (Lipinski definition) is 5. The van der Waals surface area contributed by atoms with Crippen molar-refractivity contribution >= 4 is 17.4 Å². The zero-order valence-electron chi connectivity index (χ0n) is 9.41. The number of halogens is 2. The van der Waals surface area contributed by atoms with Gasteiger partial charge >= 0.3 is 0 Å². The molecule has 0 amide bonds. The molecule has 0 spiro atoms. The van der Waals surface area contributed by atoms with Gasteiger partial charge in [0.15, 0.2) is 17.5 Å². The second-order valence-electron chi connectivity index (χ2n) is 3.61. The number of aryl methyl sites for hydroxylation is 1. The number of hydrogen-bond donors (Lipinski definition) is 3. The van der Waals surface area contributed by atoms with Gasteiger partial charge in [-0.05, 0) is 25.1 Å². The van der Waals surface area contributed by atoms with E-state index in [9.17, 15) is 9.50 Å². The smallest absolute Gasteiger partial charge is 0.187 e. The first-order chi connectivity index (χ1) is 8.52. The zero-order chi connectivity index (χ0) is 13.3. The van der Waals surface area contributed by atoms with Crippen molar-refractivity contribution in [2.45, 2.75) is 6.92 Å². The molecule has 1 aromatic carbocycles. The Kier molecular flexibility index (Phi) is 3.31. The highest BCUT2D eigenvalue weighted by Gasteiger charge is 2.12. The van der Waals surface area contributed by atoms with Crippen molar-refractivity contribution in [3.8, 4) is 17.1 Å². The minimum absolute atomic E-state index is 0.0450. The number of phenols is 1. The van der Waals surface area contributed by atoms with Crippen molar-refractivity contribution in [3.05, 3.63) is 34.7 Å². The van der Waals surface area contributed by atoms with Crippen LogP contribution in [0.2, 0.25) is 5.02 Å². The van der Waals surface area contributed by atoms with Gasteiger partial charge in [-0.3, -0.25) is 0 Å². The molecule has 0 radical (unpaired) electrons. The molecule has 94 valence electrons. The number of benzene rings is 1. The fourth-order valence-corrected chi connectivity index (χ4v) is 1.61. The Bertz CT molecular complexity index is 606. The van der Waals surface area contributed by atoms with Crippen LogP contribution in [0.1, 0.15) is 5.69 Å². The molecule has 2 aromatic rings. The van der Waals surface area contributed by atoms with Gasteiger partial charge in [0.05, 0.1) is 10.7 Å². The average Bonchev–Trinajstić information content (AvgIpc) is 2.36. The third-order valence-corrected chi connectivity index (χ3v) is 2.66. The average molecular weight is 269 g/mol. The molecule has 18 heavy (non-hydrogen) atoms. The molecule has 7 heteroatoms. The second kappa shape index (κ2) is 4.75. The minimum atomic E-state index is -0.605. The first kappa shape index (κ1) is 12.5. The van der Waals surface area contributed by atoms with E-state index in [4.69, 9.17) is 17.4 Å². The maximum Gasteiger partial charge on any atom is 0.187 e. The molecule has 1 aromatic heterocycles. The van der Waals surface area contributed by atoms with Crippen molar-refractivity contribution in [2.75, 3.05) is 5.43 Å². The number of nitrogens with two attached hydrogens (primary N) is 1. The number of nitrogen functional groups attached to an aromatic ring is 1. The van der Waals surface area contributed by atoms with Gasteiger partial charge in [-0.1, -0.05) is 11.6 Å². The number of rotatable bonds is 2. The number of nitrogens with zero attached hydrogens (tertiary/aromatic N) is 2. The molecule has 0 saturated carbocycles. The lowest BCUT2D eigenvalue weighted by Gasteiger charge is -2.07. The zero-order valence-corrected chi connectivity index (χ0v) is 10.2. The van der Waals surface area contributed by atoms with Crippen LogP contribution in [0.25, 0.3) is 11.4 Å². The highest BCUT2D eigenvalue weighted by molar-refractivity contribution is 6.32. The molecule has 0 unspecified atom stereocenters. The number of phenolic OH excluding ortho intramolecular Hbond substituents is 1. The van der Waals surface area contributed by atoms with Crippen LogP contribution in [0.3, 0.4) is 0 Å². The van der Waals surface area contributed by atoms with Crippen LogP contribution < -0.4 is 11.3 Å². The SMILES string of the molecule is Cc1nc(-c2ccc(O)c(Cl)c2)nc(NN)c1F. The highest BCUT2D eigenvalue weighted by Crippen LogP contribution is 2.28. The Labute approximate surface area is 107 Å². The summed E-state index contributed by atoms with van der Waals surface area (Å²) < 4.78 is 13.5. The van der Waals surface area contributed by atoms with Gasteiger partial charge in [0.25, 0.3) is 0 Å². The van der Waals surface area contributed by atoms with Crippen molar-refractivity contribution in [2.24, 2.45) is 5.84 Å². The van der Waals surface area contributed by atoms with Gasteiger partial charge < -0.3 is 10.5 Å². The summed E-state index contributed by atoms with van der Waals surface area (Å²) in [6.45, 7) is 1.50. The summed E-state index contributed by atoms with van der Waals surface area (Å²) in [6, 6.07) is 4.48. The summed E-state index contributed by atoms with van der Waals surface area (Å²) in [7, 11) is 0. The monoisotopic (exact) mass is 268 g/mol. The molecule has 0 fully saturated rings. The highest BCUT2D eigenvalue weighted by atomic mass is 35.5. The van der Waals surface area contributed by atoms with Gasteiger partial charge in [-0.25, -0.2) is 20.2 Å². The fourth-order valence-electron chi connectivity index (χ4n) is 1.43. The third-order valence-electron chi connectivity index (χ3n) is 2.36. The van der Waals surface area contributed by atoms with Gasteiger partial charge in [0.1, 0.15) is 5.75 Å². The molecule has 2 rings (SSSR count). The predicted molar refractivity (Wildman–Crippen MR) is 66.6 cm³/mol. The summed E-state index contributed by atoms with van der Waals surface area (Å²) in [5.41, 5.74) is 2.88. The molecule has 1 heterocycles. The number of nitrogens with one attached hydrogen (secondary N) is 1. The van der Waals surface area contributed by atoms with E-state index in [2.05, 4.69) is 15.4 Å². The summed E-state index contributed by atoms with van der Waals surface area (Å²) in [5, 5.41) is 9.49. The largest absolute Gasteiger partial charge is 0.506 e. The normalized spacial score (nSPS) is 10.4. The van der Waals surface area contributed by atoms with E-state index in [1.807, 2.05) is 0 Å². The molecule has 0 aliphatic rings. The Balaban J connectivity index is 2.57. The summed E-state index contributed by atoms with van der Waals surface area (Å²) in [5.74, 6) is 4.70. The van der Waals surface area contributed by atoms with Crippen LogP contribution in [0.15, 0.2) is 18.2 Å². The Morgan fingerprint density at radius 1 is 1.39 bits per heavy atom. The topological polar surface area (TPSA) is 84.1 Å². The van der Waals surface area contributed by atoms with E-state index >= 15 is 0 Å². The van der Waals surface area contributed by atoms with Gasteiger partial charge in [-0.2, -0.15) is 0 Å². The Morgan fingerprint density at radius 2 is 2.11 bits per heavy atom. The van der Waals surface area contributed by atoms with Gasteiger partial charge in [0.2, 0.25) is 0 Å². The van der Waals surface area contributed by atoms with Crippen molar-refractivity contribution < 1.29 is 9.50 Å². The molecule has 0 atom stereocenters. The number of anilines is 1. The minimum Gasteiger partial charge on any atom is -0.506 e. The molecule has 5 nitrogen and oxygen atoms in total. The van der Waals surface area contributed by atoms with E-state index in [1.165, 1.54) is 19.1 Å². The summed E-state index contributed by atoms with van der Waals surface area (Å²) in [6.07, 6.45) is 0. The van der Waals surface area contributed by atoms with Gasteiger partial charge in [0, 0.05) is 5.56 Å². The van der Waals surface area contributed by atoms with E-state index in [0.717, 1.165) is 0 Å².